The van der Waals surface area contributed by atoms with Crippen LogP contribution in [-0.4, -0.2) is 22.8 Å². The Bertz CT molecular complexity index is 1200. The summed E-state index contributed by atoms with van der Waals surface area (Å²) in [5.74, 6) is 0.308. The average molecular weight is 420 g/mol. The molecule has 1 aromatic heterocycles. The molecule has 7 heteroatoms. The van der Waals surface area contributed by atoms with Crippen LogP contribution in [0.15, 0.2) is 77.8 Å². The first-order chi connectivity index (χ1) is 14.6. The number of methoxy groups -OCH3 is 1. The van der Waals surface area contributed by atoms with Gasteiger partial charge in [0.05, 0.1) is 7.11 Å². The number of carbonyl (C=O) groups excluding carboxylic acids is 1. The molecule has 0 atom stereocenters. The van der Waals surface area contributed by atoms with Crippen LogP contribution in [0.5, 0.6) is 5.75 Å². The molecular weight excluding hydrogens is 398 g/mol. The molecule has 0 aliphatic heterocycles. The van der Waals surface area contributed by atoms with E-state index in [1.165, 1.54) is 11.9 Å². The number of para-hydroxylation sites is 1. The van der Waals surface area contributed by atoms with Crippen molar-refractivity contribution in [1.29, 1.82) is 0 Å². The highest BCUT2D eigenvalue weighted by Crippen LogP contribution is 2.37. The third-order valence-corrected chi connectivity index (χ3v) is 5.74. The van der Waals surface area contributed by atoms with Crippen LogP contribution in [0.3, 0.4) is 0 Å². The van der Waals surface area contributed by atoms with Crippen LogP contribution in [0.25, 0.3) is 22.0 Å². The maximum Gasteiger partial charge on any atom is 0.274 e. The fraction of sp³-hybridized carbons (Fsp3) is 0.0870. The van der Waals surface area contributed by atoms with E-state index in [1.54, 1.807) is 24.7 Å². The van der Waals surface area contributed by atoms with E-state index in [1.807, 2.05) is 43.4 Å². The molecule has 3 N–H and O–H groups in total. The summed E-state index contributed by atoms with van der Waals surface area (Å²) >= 11 is 1.45. The second-order valence-corrected chi connectivity index (χ2v) is 7.63. The number of anilines is 1. The largest absolute Gasteiger partial charge is 0.496 e. The van der Waals surface area contributed by atoms with Crippen LogP contribution in [0.1, 0.15) is 10.4 Å². The molecule has 4 rings (SSSR count). The molecule has 0 aliphatic rings. The second-order valence-electron chi connectivity index (χ2n) is 6.76. The van der Waals surface area contributed by atoms with Crippen molar-refractivity contribution in [2.75, 3.05) is 11.8 Å². The van der Waals surface area contributed by atoms with Gasteiger partial charge in [-0.2, -0.15) is 0 Å². The normalized spacial score (nSPS) is 10.8. The van der Waals surface area contributed by atoms with Crippen molar-refractivity contribution >= 4 is 34.4 Å². The Balaban J connectivity index is 1.61. The van der Waals surface area contributed by atoms with Gasteiger partial charge in [0.1, 0.15) is 5.75 Å². The first-order valence-corrected chi connectivity index (χ1v) is 10.1. The van der Waals surface area contributed by atoms with Gasteiger partial charge in [0.2, 0.25) is 0 Å². The maximum absolute atomic E-state index is 11.4. The molecule has 6 nitrogen and oxygen atoms in total. The minimum Gasteiger partial charge on any atom is -0.496 e. The minimum absolute atomic E-state index is 0.397. The number of fused-ring (bicyclic) bond motifs is 1. The van der Waals surface area contributed by atoms with Crippen LogP contribution < -0.4 is 14.9 Å². The van der Waals surface area contributed by atoms with Gasteiger partial charge < -0.3 is 14.0 Å². The summed E-state index contributed by atoms with van der Waals surface area (Å²) < 4.78 is 11.0. The van der Waals surface area contributed by atoms with E-state index in [9.17, 15) is 4.79 Å². The molecule has 0 bridgehead atoms. The summed E-state index contributed by atoms with van der Waals surface area (Å²) in [6, 6.07) is 21.2. The Morgan fingerprint density at radius 3 is 2.53 bits per heavy atom. The van der Waals surface area contributed by atoms with Crippen LogP contribution in [0, 0.1) is 0 Å². The van der Waals surface area contributed by atoms with Crippen molar-refractivity contribution in [1.82, 2.24) is 10.0 Å². The van der Waals surface area contributed by atoms with Crippen molar-refractivity contribution in [2.45, 2.75) is 4.90 Å². The first kappa shape index (κ1) is 19.9. The fourth-order valence-corrected chi connectivity index (χ4v) is 4.03. The molecule has 0 radical (unpaired) electrons. The van der Waals surface area contributed by atoms with Gasteiger partial charge in [-0.15, -0.1) is 0 Å². The number of nitrogens with one attached hydrogen (secondary N) is 2. The Labute approximate surface area is 178 Å². The molecule has 0 fully saturated rings. The van der Waals surface area contributed by atoms with Gasteiger partial charge in [-0.3, -0.25) is 10.0 Å². The summed E-state index contributed by atoms with van der Waals surface area (Å²) in [4.78, 5) is 12.4. The Kier molecular flexibility index (Phi) is 5.65. The quantitative estimate of drug-likeness (QED) is 0.231. The molecule has 0 saturated carbocycles. The van der Waals surface area contributed by atoms with E-state index in [-0.39, 0.29) is 0 Å². The summed E-state index contributed by atoms with van der Waals surface area (Å²) in [7, 11) is 3.72. The topological polar surface area (TPSA) is 75.5 Å². The van der Waals surface area contributed by atoms with Crippen molar-refractivity contribution < 1.29 is 14.7 Å². The van der Waals surface area contributed by atoms with Crippen LogP contribution in [-0.2, 0) is 7.05 Å². The van der Waals surface area contributed by atoms with Gasteiger partial charge in [-0.1, -0.05) is 18.2 Å². The zero-order valence-corrected chi connectivity index (χ0v) is 17.4. The highest BCUT2D eigenvalue weighted by atomic mass is 32.2. The highest BCUT2D eigenvalue weighted by molar-refractivity contribution is 8.00. The summed E-state index contributed by atoms with van der Waals surface area (Å²) in [6.45, 7) is 0. The average Bonchev–Trinajstić information content (AvgIpc) is 3.13. The molecule has 0 aliphatic carbocycles. The van der Waals surface area contributed by atoms with Crippen molar-refractivity contribution in [3.63, 3.8) is 0 Å². The molecule has 3 aromatic carbocycles. The molecule has 4 aromatic rings. The van der Waals surface area contributed by atoms with E-state index >= 15 is 0 Å². The predicted molar refractivity (Wildman–Crippen MR) is 120 cm³/mol. The number of benzene rings is 3. The molecule has 0 saturated heterocycles. The first-order valence-electron chi connectivity index (χ1n) is 9.30. The molecule has 152 valence electrons. The van der Waals surface area contributed by atoms with Gasteiger partial charge in [0, 0.05) is 51.4 Å². The van der Waals surface area contributed by atoms with Crippen molar-refractivity contribution in [3.8, 4) is 16.9 Å². The number of amides is 1. The Morgan fingerprint density at radius 2 is 1.80 bits per heavy atom. The van der Waals surface area contributed by atoms with Gasteiger partial charge in [-0.05, 0) is 60.5 Å². The third-order valence-electron chi connectivity index (χ3n) is 4.89. The lowest BCUT2D eigenvalue weighted by atomic mass is 10.0. The molecule has 1 heterocycles. The number of hydroxylamine groups is 1. The number of hydrogen-bond donors (Lipinski definition) is 3. The van der Waals surface area contributed by atoms with E-state index in [2.05, 4.69) is 33.7 Å². The number of aryl methyl sites for hydroxylation is 1. The molecule has 0 spiro atoms. The fourth-order valence-electron chi connectivity index (χ4n) is 3.39. The summed E-state index contributed by atoms with van der Waals surface area (Å²) in [5, 5.41) is 9.84. The summed E-state index contributed by atoms with van der Waals surface area (Å²) in [6.07, 6.45) is 2.12. The Morgan fingerprint density at radius 1 is 1.03 bits per heavy atom. The number of carbonyl (C=O) groups is 1. The van der Waals surface area contributed by atoms with Crippen molar-refractivity contribution in [3.05, 3.63) is 78.5 Å². The Hall–Kier alpha value is -3.42. The number of aromatic nitrogens is 1. The maximum atomic E-state index is 11.4. The monoisotopic (exact) mass is 419 g/mol. The molecule has 30 heavy (non-hydrogen) atoms. The lowest BCUT2D eigenvalue weighted by Crippen LogP contribution is -2.18. The number of ether oxygens (including phenoxy) is 1. The van der Waals surface area contributed by atoms with E-state index in [0.717, 1.165) is 38.4 Å². The van der Waals surface area contributed by atoms with E-state index in [4.69, 9.17) is 9.94 Å². The lowest BCUT2D eigenvalue weighted by Gasteiger charge is -2.09. The van der Waals surface area contributed by atoms with E-state index < -0.39 is 5.91 Å². The minimum atomic E-state index is -0.530. The van der Waals surface area contributed by atoms with Crippen molar-refractivity contribution in [2.24, 2.45) is 7.05 Å². The number of hydrogen-bond acceptors (Lipinski definition) is 5. The molecule has 1 amide bonds. The van der Waals surface area contributed by atoms with E-state index in [0.29, 0.717) is 5.56 Å². The second kappa shape index (κ2) is 8.52. The van der Waals surface area contributed by atoms with Gasteiger partial charge in [0.15, 0.2) is 0 Å². The van der Waals surface area contributed by atoms with Crippen LogP contribution in [0.4, 0.5) is 5.69 Å². The lowest BCUT2D eigenvalue weighted by molar-refractivity contribution is 0.0706. The van der Waals surface area contributed by atoms with Gasteiger partial charge >= 0.3 is 0 Å². The van der Waals surface area contributed by atoms with Gasteiger partial charge in [-0.25, -0.2) is 5.48 Å². The number of rotatable bonds is 6. The molecular formula is C23H21N3O3S. The smallest absolute Gasteiger partial charge is 0.274 e. The standard InChI is InChI=1S/C23H21N3O3S/c1-26-14-20(18-5-3-4-6-22(18)29-2)19-13-16(9-12-21(19)26)25-30-17-10-7-15(8-11-17)23(27)24-28/h3-14,25,28H,1-2H3,(H,24,27). The third kappa shape index (κ3) is 3.85. The number of nitrogens with zero attached hydrogens (tertiary/aromatic N) is 1. The SMILES string of the molecule is COc1ccccc1-c1cn(C)c2ccc(NSc3ccc(C(=O)NO)cc3)cc12. The van der Waals surface area contributed by atoms with Gasteiger partial charge in [0.25, 0.3) is 5.91 Å². The van der Waals surface area contributed by atoms with Crippen LogP contribution in [0.2, 0.25) is 0 Å². The molecule has 0 unspecified atom stereocenters. The zero-order chi connectivity index (χ0) is 21.1. The van der Waals surface area contributed by atoms with Crippen LogP contribution >= 0.6 is 11.9 Å². The highest BCUT2D eigenvalue weighted by Gasteiger charge is 2.13. The summed E-state index contributed by atoms with van der Waals surface area (Å²) in [5.41, 5.74) is 6.28. The predicted octanol–water partition coefficient (Wildman–Crippen LogP) is 5.09. The zero-order valence-electron chi connectivity index (χ0n) is 16.5.